The van der Waals surface area contributed by atoms with Crippen LogP contribution in [-0.4, -0.2) is 38.5 Å². The Kier molecular flexibility index (Phi) is 7.24. The minimum Gasteiger partial charge on any atom is -0.457 e. The average molecular weight is 448 g/mol. The van der Waals surface area contributed by atoms with Crippen molar-refractivity contribution in [2.75, 3.05) is 33.1 Å². The van der Waals surface area contributed by atoms with Crippen molar-refractivity contribution in [1.29, 1.82) is 0 Å². The summed E-state index contributed by atoms with van der Waals surface area (Å²) in [6, 6.07) is 18.9. The van der Waals surface area contributed by atoms with E-state index in [2.05, 4.69) is 107 Å². The molecule has 1 heterocycles. The van der Waals surface area contributed by atoms with Crippen molar-refractivity contribution in [2.24, 2.45) is 0 Å². The van der Waals surface area contributed by atoms with Crippen LogP contribution in [0, 0.1) is 0 Å². The predicted octanol–water partition coefficient (Wildman–Crippen LogP) is 6.41. The molecule has 0 saturated carbocycles. The number of anilines is 1. The summed E-state index contributed by atoms with van der Waals surface area (Å²) in [5, 5.41) is 0. The molecule has 3 heteroatoms. The van der Waals surface area contributed by atoms with Gasteiger partial charge in [0.1, 0.15) is 25.6 Å². The Morgan fingerprint density at radius 1 is 0.765 bits per heavy atom. The Bertz CT molecular complexity index is 1260. The minimum absolute atomic E-state index is 0.806. The number of rotatable bonds is 5. The molecule has 1 aliphatic carbocycles. The van der Waals surface area contributed by atoms with E-state index in [9.17, 15) is 0 Å². The standard InChI is InChI=1S/C31H31N2O/c1-32(2)28-16-10-24(11-17-28)14-20-30-22-27(26-8-6-5-7-9-26)23-31(34-30)21-15-25-12-18-29(19-13-25)33(3)4/h5-23H,1-4H3/q+1. The molecular weight excluding hydrogens is 416 g/mol. The number of allylic oxidation sites excluding steroid dienone is 11. The van der Waals surface area contributed by atoms with Gasteiger partial charge in [0, 0.05) is 31.9 Å². The average Bonchev–Trinajstić information content (AvgIpc) is 2.87. The highest BCUT2D eigenvalue weighted by Crippen LogP contribution is 2.28. The maximum atomic E-state index is 6.22. The number of benzene rings is 2. The Balaban J connectivity index is 1.60. The van der Waals surface area contributed by atoms with E-state index in [1.165, 1.54) is 11.4 Å². The molecule has 0 N–H and O–H groups in total. The van der Waals surface area contributed by atoms with Crippen molar-refractivity contribution in [3.05, 3.63) is 137 Å². The van der Waals surface area contributed by atoms with E-state index in [0.717, 1.165) is 33.8 Å². The fourth-order valence-corrected chi connectivity index (χ4v) is 3.63. The lowest BCUT2D eigenvalue weighted by atomic mass is 10.0. The third-order valence-corrected chi connectivity index (χ3v) is 5.64. The molecule has 2 aromatic carbocycles. The van der Waals surface area contributed by atoms with Crippen LogP contribution < -0.4 is 4.90 Å². The molecule has 2 aliphatic rings. The number of nitrogens with zero attached hydrogens (tertiary/aromatic N) is 2. The van der Waals surface area contributed by atoms with Gasteiger partial charge in [0.15, 0.2) is 5.71 Å². The molecule has 0 aromatic heterocycles. The van der Waals surface area contributed by atoms with E-state index < -0.39 is 0 Å². The largest absolute Gasteiger partial charge is 0.457 e. The summed E-state index contributed by atoms with van der Waals surface area (Å²) >= 11 is 0. The van der Waals surface area contributed by atoms with Gasteiger partial charge in [-0.05, 0) is 70.9 Å². The third-order valence-electron chi connectivity index (χ3n) is 5.64. The molecule has 0 radical (unpaired) electrons. The van der Waals surface area contributed by atoms with Crippen molar-refractivity contribution in [3.8, 4) is 0 Å². The molecule has 0 amide bonds. The second-order valence-corrected chi connectivity index (χ2v) is 8.66. The first-order chi connectivity index (χ1) is 16.5. The second kappa shape index (κ2) is 10.7. The summed E-state index contributed by atoms with van der Waals surface area (Å²) in [4.78, 5) is 2.10. The van der Waals surface area contributed by atoms with E-state index in [4.69, 9.17) is 4.74 Å². The van der Waals surface area contributed by atoms with Gasteiger partial charge in [-0.25, -0.2) is 4.58 Å². The molecule has 34 heavy (non-hydrogen) atoms. The molecular formula is C31H31N2O+. The zero-order valence-corrected chi connectivity index (χ0v) is 20.3. The lowest BCUT2D eigenvalue weighted by Gasteiger charge is -2.16. The van der Waals surface area contributed by atoms with Crippen LogP contribution in [0.15, 0.2) is 126 Å². The molecule has 4 rings (SSSR count). The van der Waals surface area contributed by atoms with Gasteiger partial charge in [-0.3, -0.25) is 0 Å². The van der Waals surface area contributed by atoms with E-state index in [-0.39, 0.29) is 0 Å². The molecule has 0 saturated heterocycles. The van der Waals surface area contributed by atoms with E-state index in [1.807, 2.05) is 46.4 Å². The molecule has 0 spiro atoms. The lowest BCUT2D eigenvalue weighted by molar-refractivity contribution is -0.462. The van der Waals surface area contributed by atoms with Crippen molar-refractivity contribution in [3.63, 3.8) is 0 Å². The SMILES string of the molecule is CN(C)c1ccc(/C=C/C2=CC(c3ccccc3)=CC(=CC=C3C=CC(=[N+](C)C)C=C3)O2)cc1. The first-order valence-electron chi connectivity index (χ1n) is 11.4. The van der Waals surface area contributed by atoms with E-state index in [1.54, 1.807) is 0 Å². The molecule has 1 aliphatic heterocycles. The summed E-state index contributed by atoms with van der Waals surface area (Å²) in [6.07, 6.45) is 20.9. The first kappa shape index (κ1) is 23.1. The van der Waals surface area contributed by atoms with Gasteiger partial charge >= 0.3 is 0 Å². The zero-order chi connectivity index (χ0) is 23.9. The van der Waals surface area contributed by atoms with Gasteiger partial charge < -0.3 is 9.64 Å². The summed E-state index contributed by atoms with van der Waals surface area (Å²) in [5.41, 5.74) is 6.90. The van der Waals surface area contributed by atoms with Crippen molar-refractivity contribution < 1.29 is 9.31 Å². The Morgan fingerprint density at radius 3 is 2.12 bits per heavy atom. The monoisotopic (exact) mass is 447 g/mol. The van der Waals surface area contributed by atoms with Gasteiger partial charge in [-0.2, -0.15) is 0 Å². The highest BCUT2D eigenvalue weighted by molar-refractivity contribution is 6.02. The number of hydrogen-bond acceptors (Lipinski definition) is 2. The zero-order valence-electron chi connectivity index (χ0n) is 20.3. The van der Waals surface area contributed by atoms with Gasteiger partial charge in [0.25, 0.3) is 0 Å². The maximum absolute atomic E-state index is 6.22. The smallest absolute Gasteiger partial charge is 0.199 e. The van der Waals surface area contributed by atoms with Crippen molar-refractivity contribution in [2.45, 2.75) is 0 Å². The van der Waals surface area contributed by atoms with Crippen LogP contribution >= 0.6 is 0 Å². The Labute approximate surface area is 203 Å². The maximum Gasteiger partial charge on any atom is 0.199 e. The third kappa shape index (κ3) is 6.02. The van der Waals surface area contributed by atoms with Crippen molar-refractivity contribution in [1.82, 2.24) is 0 Å². The number of ether oxygens (including phenoxy) is 1. The first-order valence-corrected chi connectivity index (χ1v) is 11.4. The topological polar surface area (TPSA) is 15.5 Å². The highest BCUT2D eigenvalue weighted by atomic mass is 16.5. The van der Waals surface area contributed by atoms with E-state index in [0.29, 0.717) is 0 Å². The van der Waals surface area contributed by atoms with Crippen LogP contribution in [-0.2, 0) is 4.74 Å². The highest BCUT2D eigenvalue weighted by Gasteiger charge is 2.11. The quantitative estimate of drug-likeness (QED) is 0.492. The fourth-order valence-electron chi connectivity index (χ4n) is 3.63. The fraction of sp³-hybridized carbons (Fsp3) is 0.129. The second-order valence-electron chi connectivity index (χ2n) is 8.66. The van der Waals surface area contributed by atoms with Crippen LogP contribution in [0.25, 0.3) is 11.6 Å². The van der Waals surface area contributed by atoms with Crippen LogP contribution in [0.2, 0.25) is 0 Å². The van der Waals surface area contributed by atoms with Gasteiger partial charge in [-0.15, -0.1) is 0 Å². The van der Waals surface area contributed by atoms with E-state index >= 15 is 0 Å². The summed E-state index contributed by atoms with van der Waals surface area (Å²) < 4.78 is 8.31. The normalized spacial score (nSPS) is 16.4. The van der Waals surface area contributed by atoms with Crippen LogP contribution in [0.4, 0.5) is 5.69 Å². The summed E-state index contributed by atoms with van der Waals surface area (Å²) in [5.74, 6) is 1.61. The number of hydrogen-bond donors (Lipinski definition) is 0. The summed E-state index contributed by atoms with van der Waals surface area (Å²) in [7, 11) is 8.18. The van der Waals surface area contributed by atoms with Crippen LogP contribution in [0.5, 0.6) is 0 Å². The van der Waals surface area contributed by atoms with Gasteiger partial charge in [0.05, 0.1) is 0 Å². The molecule has 0 bridgehead atoms. The molecule has 3 nitrogen and oxygen atoms in total. The van der Waals surface area contributed by atoms with Gasteiger partial charge in [0.2, 0.25) is 0 Å². The molecule has 2 aromatic rings. The van der Waals surface area contributed by atoms with Crippen LogP contribution in [0.1, 0.15) is 11.1 Å². The Morgan fingerprint density at radius 2 is 1.47 bits per heavy atom. The molecule has 0 unspecified atom stereocenters. The molecule has 170 valence electrons. The molecule has 0 atom stereocenters. The molecule has 0 fully saturated rings. The van der Waals surface area contributed by atoms with Gasteiger partial charge in [-0.1, -0.05) is 54.6 Å². The van der Waals surface area contributed by atoms with Crippen LogP contribution in [0.3, 0.4) is 0 Å². The Hall–Kier alpha value is -4.11. The summed E-state index contributed by atoms with van der Waals surface area (Å²) in [6.45, 7) is 0. The lowest BCUT2D eigenvalue weighted by Crippen LogP contribution is -2.09. The van der Waals surface area contributed by atoms with Crippen molar-refractivity contribution >= 4 is 23.0 Å². The minimum atomic E-state index is 0.806. The predicted molar refractivity (Wildman–Crippen MR) is 145 cm³/mol.